The number of aromatic nitrogens is 1. The first-order chi connectivity index (χ1) is 14.6. The molecule has 2 aliphatic carbocycles. The van der Waals surface area contributed by atoms with E-state index < -0.39 is 42.2 Å². The van der Waals surface area contributed by atoms with Crippen LogP contribution < -0.4 is 0 Å². The summed E-state index contributed by atoms with van der Waals surface area (Å²) in [5.74, 6) is -3.31. The van der Waals surface area contributed by atoms with Crippen LogP contribution in [0.15, 0.2) is 12.2 Å². The fourth-order valence-corrected chi connectivity index (χ4v) is 5.14. The summed E-state index contributed by atoms with van der Waals surface area (Å²) in [4.78, 5) is 66.3. The number of aryl methyl sites for hydroxylation is 1. The molecule has 2 heterocycles. The molecule has 1 N–H and O–H groups in total. The number of hydrogen-bond acceptors (Lipinski definition) is 7. The number of ether oxygens (including phenoxy) is 2. The van der Waals surface area contributed by atoms with E-state index in [4.69, 9.17) is 9.47 Å². The number of hydrogen-bond donors (Lipinski definition) is 1. The van der Waals surface area contributed by atoms with E-state index in [0.717, 1.165) is 11.3 Å². The first-order valence-electron chi connectivity index (χ1n) is 10.2. The van der Waals surface area contributed by atoms with Crippen molar-refractivity contribution in [3.05, 3.63) is 34.7 Å². The largest absolute Gasteiger partial charge is 0.465 e. The van der Waals surface area contributed by atoms with Crippen molar-refractivity contribution in [1.82, 2.24) is 9.88 Å². The molecule has 4 rings (SSSR count). The Hall–Kier alpha value is -3.23. The molecule has 1 aliphatic heterocycles. The summed E-state index contributed by atoms with van der Waals surface area (Å²) in [7, 11) is 1.25. The number of ketones is 1. The highest BCUT2D eigenvalue weighted by Gasteiger charge is 2.59. The third-order valence-electron chi connectivity index (χ3n) is 6.60. The molecule has 2 fully saturated rings. The number of amides is 2. The molecule has 1 saturated heterocycles. The van der Waals surface area contributed by atoms with Gasteiger partial charge < -0.3 is 14.5 Å². The molecule has 1 saturated carbocycles. The van der Waals surface area contributed by atoms with Gasteiger partial charge in [-0.2, -0.15) is 0 Å². The molecule has 9 heteroatoms. The van der Waals surface area contributed by atoms with Crippen LogP contribution in [0.1, 0.15) is 45.4 Å². The van der Waals surface area contributed by atoms with Gasteiger partial charge in [0.2, 0.25) is 17.6 Å². The second kappa shape index (κ2) is 7.47. The van der Waals surface area contributed by atoms with Crippen LogP contribution in [0.3, 0.4) is 0 Å². The maximum Gasteiger partial charge on any atom is 0.339 e. The lowest BCUT2D eigenvalue weighted by atomic mass is 9.85. The van der Waals surface area contributed by atoms with Crippen LogP contribution in [-0.2, 0) is 23.9 Å². The van der Waals surface area contributed by atoms with Crippen LogP contribution in [0.25, 0.3) is 0 Å². The van der Waals surface area contributed by atoms with E-state index in [-0.39, 0.29) is 34.9 Å². The number of imide groups is 1. The standard InChI is InChI=1S/C22H24N2O7/c1-9-15(22(29)30-4)10(2)23-18(9)19(26)11(3)31-14(25)8-24-20(27)16-12-5-6-13(7-12)17(16)21(24)28/h5-6,11-13,16-17,23H,7-8H2,1-4H3. The summed E-state index contributed by atoms with van der Waals surface area (Å²) in [6.45, 7) is 4.12. The minimum atomic E-state index is -1.17. The lowest BCUT2D eigenvalue weighted by Gasteiger charge is -2.18. The monoisotopic (exact) mass is 428 g/mol. The number of nitrogens with one attached hydrogen (secondary N) is 1. The van der Waals surface area contributed by atoms with Crippen LogP contribution in [0.5, 0.6) is 0 Å². The Balaban J connectivity index is 1.42. The number of likely N-dealkylation sites (tertiary alicyclic amines) is 1. The van der Waals surface area contributed by atoms with Gasteiger partial charge in [0.05, 0.1) is 30.2 Å². The highest BCUT2D eigenvalue weighted by atomic mass is 16.5. The Morgan fingerprint density at radius 2 is 1.71 bits per heavy atom. The molecule has 5 atom stereocenters. The van der Waals surface area contributed by atoms with Gasteiger partial charge in [0.25, 0.3) is 0 Å². The minimum Gasteiger partial charge on any atom is -0.465 e. The van der Waals surface area contributed by atoms with Gasteiger partial charge in [-0.3, -0.25) is 24.1 Å². The van der Waals surface area contributed by atoms with Crippen LogP contribution in [0, 0.1) is 37.5 Å². The lowest BCUT2D eigenvalue weighted by molar-refractivity contribution is -0.155. The quantitative estimate of drug-likeness (QED) is 0.314. The van der Waals surface area contributed by atoms with Crippen molar-refractivity contribution in [2.45, 2.75) is 33.3 Å². The molecule has 2 bridgehead atoms. The zero-order valence-corrected chi connectivity index (χ0v) is 17.8. The molecular weight excluding hydrogens is 404 g/mol. The molecule has 0 spiro atoms. The Bertz CT molecular complexity index is 1010. The predicted molar refractivity (Wildman–Crippen MR) is 106 cm³/mol. The number of methoxy groups -OCH3 is 1. The van der Waals surface area contributed by atoms with Crippen LogP contribution in [0.4, 0.5) is 0 Å². The molecule has 0 aromatic carbocycles. The maximum absolute atomic E-state index is 12.8. The fraction of sp³-hybridized carbons (Fsp3) is 0.500. The lowest BCUT2D eigenvalue weighted by Crippen LogP contribution is -2.39. The number of H-pyrrole nitrogens is 1. The first kappa shape index (κ1) is 21.0. The summed E-state index contributed by atoms with van der Waals surface area (Å²) in [6, 6.07) is 0. The Morgan fingerprint density at radius 3 is 2.26 bits per heavy atom. The number of allylic oxidation sites excluding steroid dienone is 2. The van der Waals surface area contributed by atoms with Gasteiger partial charge in [-0.25, -0.2) is 4.79 Å². The third kappa shape index (κ3) is 3.19. The Kier molecular flexibility index (Phi) is 5.07. The molecule has 1 aromatic rings. The van der Waals surface area contributed by atoms with Gasteiger partial charge in [0.1, 0.15) is 6.54 Å². The van der Waals surface area contributed by atoms with Gasteiger partial charge >= 0.3 is 11.9 Å². The highest BCUT2D eigenvalue weighted by Crippen LogP contribution is 2.52. The van der Waals surface area contributed by atoms with Crippen LogP contribution >= 0.6 is 0 Å². The van der Waals surface area contributed by atoms with Gasteiger partial charge in [0, 0.05) is 5.69 Å². The molecule has 164 valence electrons. The molecule has 3 aliphatic rings. The number of carbonyl (C=O) groups excluding carboxylic acids is 5. The second-order valence-electron chi connectivity index (χ2n) is 8.38. The van der Waals surface area contributed by atoms with Crippen molar-refractivity contribution in [2.75, 3.05) is 13.7 Å². The van der Waals surface area contributed by atoms with Gasteiger partial charge in [0.15, 0.2) is 6.10 Å². The number of Topliss-reactive ketones (excluding diaryl/α,β-unsaturated/α-hetero) is 1. The first-order valence-corrected chi connectivity index (χ1v) is 10.2. The minimum absolute atomic E-state index is 0.0519. The van der Waals surface area contributed by atoms with Gasteiger partial charge in [-0.05, 0) is 44.6 Å². The van der Waals surface area contributed by atoms with E-state index in [2.05, 4.69) is 4.98 Å². The zero-order valence-electron chi connectivity index (χ0n) is 17.8. The Labute approximate surface area is 178 Å². The number of carbonyl (C=O) groups is 5. The van der Waals surface area contributed by atoms with E-state index in [1.54, 1.807) is 13.8 Å². The SMILES string of the molecule is COC(=O)c1c(C)[nH]c(C(=O)C(C)OC(=O)CN2C(=O)C3C4C=CC(C4)C3C2=O)c1C. The van der Waals surface area contributed by atoms with Crippen LogP contribution in [0.2, 0.25) is 0 Å². The van der Waals surface area contributed by atoms with E-state index >= 15 is 0 Å². The molecule has 0 radical (unpaired) electrons. The third-order valence-corrected chi connectivity index (χ3v) is 6.60. The van der Waals surface area contributed by atoms with Crippen molar-refractivity contribution in [3.8, 4) is 0 Å². The summed E-state index contributed by atoms with van der Waals surface area (Å²) >= 11 is 0. The molecular formula is C22H24N2O7. The average Bonchev–Trinajstić information content (AvgIpc) is 3.47. The van der Waals surface area contributed by atoms with Crippen molar-refractivity contribution >= 4 is 29.5 Å². The number of nitrogens with zero attached hydrogens (tertiary/aromatic N) is 1. The van der Waals surface area contributed by atoms with Gasteiger partial charge in [-0.1, -0.05) is 12.2 Å². The molecule has 1 aromatic heterocycles. The number of aromatic amines is 1. The molecule has 5 unspecified atom stereocenters. The predicted octanol–water partition coefficient (Wildman–Crippen LogP) is 1.34. The number of esters is 2. The zero-order chi connectivity index (χ0) is 22.6. The maximum atomic E-state index is 12.8. The summed E-state index contributed by atoms with van der Waals surface area (Å²) in [5, 5.41) is 0. The van der Waals surface area contributed by atoms with E-state index in [1.165, 1.54) is 14.0 Å². The van der Waals surface area contributed by atoms with Crippen molar-refractivity contribution < 1.29 is 33.4 Å². The molecule has 31 heavy (non-hydrogen) atoms. The topological polar surface area (TPSA) is 123 Å². The normalized spacial score (nSPS) is 26.9. The Morgan fingerprint density at radius 1 is 1.13 bits per heavy atom. The van der Waals surface area contributed by atoms with E-state index in [9.17, 15) is 24.0 Å². The van der Waals surface area contributed by atoms with Crippen molar-refractivity contribution in [3.63, 3.8) is 0 Å². The van der Waals surface area contributed by atoms with Crippen LogP contribution in [-0.4, -0.2) is 59.2 Å². The summed E-state index contributed by atoms with van der Waals surface area (Å²) in [6.07, 6.45) is 3.59. The summed E-state index contributed by atoms with van der Waals surface area (Å²) < 4.78 is 9.95. The van der Waals surface area contributed by atoms with E-state index in [0.29, 0.717) is 11.3 Å². The van der Waals surface area contributed by atoms with E-state index in [1.807, 2.05) is 12.2 Å². The summed E-state index contributed by atoms with van der Waals surface area (Å²) in [5.41, 5.74) is 1.27. The highest BCUT2D eigenvalue weighted by molar-refractivity contribution is 6.08. The smallest absolute Gasteiger partial charge is 0.339 e. The second-order valence-corrected chi connectivity index (χ2v) is 8.38. The van der Waals surface area contributed by atoms with Gasteiger partial charge in [-0.15, -0.1) is 0 Å². The van der Waals surface area contributed by atoms with Crippen molar-refractivity contribution in [2.24, 2.45) is 23.7 Å². The molecule has 2 amide bonds. The average molecular weight is 428 g/mol. The van der Waals surface area contributed by atoms with Crippen molar-refractivity contribution in [1.29, 1.82) is 0 Å². The molecule has 9 nitrogen and oxygen atoms in total. The fourth-order valence-electron chi connectivity index (χ4n) is 5.14. The number of rotatable bonds is 6. The number of fused-ring (bicyclic) bond motifs is 5.